The molecule has 10 heavy (non-hydrogen) atoms. The molecule has 0 saturated carbocycles. The highest BCUT2D eigenvalue weighted by Crippen LogP contribution is 2.15. The molecule has 0 aliphatic carbocycles. The second-order valence-corrected chi connectivity index (χ2v) is 2.26. The van der Waals surface area contributed by atoms with E-state index in [4.69, 9.17) is 4.84 Å². The molecule has 2 aliphatic rings. The molecule has 0 spiro atoms. The molecule has 0 fully saturated rings. The van der Waals surface area contributed by atoms with E-state index < -0.39 is 0 Å². The lowest BCUT2D eigenvalue weighted by Gasteiger charge is -2.17. The minimum atomic E-state index is 0.0520. The lowest BCUT2D eigenvalue weighted by atomic mass is 10.3. The molecule has 0 N–H and O–H groups in total. The van der Waals surface area contributed by atoms with Gasteiger partial charge in [-0.15, -0.1) is 0 Å². The molecular formula is C7H8N2O. The SMILES string of the molecule is CC1ON=C2C=CC=CN21. The third-order valence-electron chi connectivity index (χ3n) is 1.56. The van der Waals surface area contributed by atoms with Gasteiger partial charge < -0.3 is 4.84 Å². The molecule has 3 heteroatoms. The zero-order valence-electron chi connectivity index (χ0n) is 5.69. The molecule has 0 amide bonds. The molecule has 0 aromatic rings. The molecule has 2 rings (SSSR count). The average Bonchev–Trinajstić information content (AvgIpc) is 2.34. The summed E-state index contributed by atoms with van der Waals surface area (Å²) in [5.41, 5.74) is 0. The molecule has 2 aliphatic heterocycles. The monoisotopic (exact) mass is 136 g/mol. The molecular weight excluding hydrogens is 128 g/mol. The first-order valence-electron chi connectivity index (χ1n) is 3.25. The van der Waals surface area contributed by atoms with E-state index in [0.717, 1.165) is 5.84 Å². The van der Waals surface area contributed by atoms with Crippen LogP contribution in [0, 0.1) is 0 Å². The van der Waals surface area contributed by atoms with Crippen LogP contribution in [0.15, 0.2) is 29.6 Å². The fraction of sp³-hybridized carbons (Fsp3) is 0.286. The van der Waals surface area contributed by atoms with Crippen LogP contribution in [0.2, 0.25) is 0 Å². The van der Waals surface area contributed by atoms with Gasteiger partial charge in [0.05, 0.1) is 0 Å². The first-order chi connectivity index (χ1) is 4.88. The predicted molar refractivity (Wildman–Crippen MR) is 38.1 cm³/mol. The van der Waals surface area contributed by atoms with Gasteiger partial charge in [-0.2, -0.15) is 0 Å². The van der Waals surface area contributed by atoms with E-state index in [1.165, 1.54) is 0 Å². The van der Waals surface area contributed by atoms with Gasteiger partial charge in [0.25, 0.3) is 0 Å². The van der Waals surface area contributed by atoms with E-state index in [1.807, 2.05) is 36.3 Å². The lowest BCUT2D eigenvalue weighted by Crippen LogP contribution is -2.28. The number of oxime groups is 1. The predicted octanol–water partition coefficient (Wildman–Crippen LogP) is 1.06. The summed E-state index contributed by atoms with van der Waals surface area (Å²) in [6, 6.07) is 0. The van der Waals surface area contributed by atoms with Gasteiger partial charge in [-0.25, -0.2) is 0 Å². The average molecular weight is 136 g/mol. The van der Waals surface area contributed by atoms with Crippen LogP contribution >= 0.6 is 0 Å². The highest BCUT2D eigenvalue weighted by Gasteiger charge is 2.22. The minimum Gasteiger partial charge on any atom is -0.368 e. The maximum atomic E-state index is 5.01. The van der Waals surface area contributed by atoms with E-state index in [9.17, 15) is 0 Å². The molecule has 0 bridgehead atoms. The number of amidine groups is 1. The smallest absolute Gasteiger partial charge is 0.202 e. The van der Waals surface area contributed by atoms with Crippen molar-refractivity contribution in [3.63, 3.8) is 0 Å². The Morgan fingerprint density at radius 3 is 3.30 bits per heavy atom. The lowest BCUT2D eigenvalue weighted by molar-refractivity contribution is 0.0429. The molecule has 52 valence electrons. The molecule has 0 radical (unpaired) electrons. The summed E-state index contributed by atoms with van der Waals surface area (Å²) in [5, 5.41) is 3.84. The van der Waals surface area contributed by atoms with Crippen molar-refractivity contribution in [2.75, 3.05) is 0 Å². The van der Waals surface area contributed by atoms with Crippen molar-refractivity contribution in [2.45, 2.75) is 13.2 Å². The molecule has 1 atom stereocenters. The van der Waals surface area contributed by atoms with E-state index in [2.05, 4.69) is 5.16 Å². The number of hydrogen-bond acceptors (Lipinski definition) is 3. The second kappa shape index (κ2) is 1.87. The molecule has 2 heterocycles. The van der Waals surface area contributed by atoms with Crippen molar-refractivity contribution in [3.05, 3.63) is 24.4 Å². The van der Waals surface area contributed by atoms with Gasteiger partial charge in [0.2, 0.25) is 6.23 Å². The third-order valence-corrected chi connectivity index (χ3v) is 1.56. The summed E-state index contributed by atoms with van der Waals surface area (Å²) in [5.74, 6) is 0.884. The van der Waals surface area contributed by atoms with Crippen molar-refractivity contribution in [1.29, 1.82) is 0 Å². The normalized spacial score (nSPS) is 27.9. The summed E-state index contributed by atoms with van der Waals surface area (Å²) >= 11 is 0. The quantitative estimate of drug-likeness (QED) is 0.497. The number of hydrogen-bond donors (Lipinski definition) is 0. The van der Waals surface area contributed by atoms with Crippen LogP contribution in [0.25, 0.3) is 0 Å². The van der Waals surface area contributed by atoms with E-state index in [-0.39, 0.29) is 6.23 Å². The molecule has 1 unspecified atom stereocenters. The van der Waals surface area contributed by atoms with Crippen LogP contribution in [0.3, 0.4) is 0 Å². The van der Waals surface area contributed by atoms with Gasteiger partial charge in [0, 0.05) is 6.20 Å². The summed E-state index contributed by atoms with van der Waals surface area (Å²) in [6.45, 7) is 1.96. The Morgan fingerprint density at radius 2 is 2.50 bits per heavy atom. The zero-order valence-corrected chi connectivity index (χ0v) is 5.69. The van der Waals surface area contributed by atoms with Crippen LogP contribution in [0.5, 0.6) is 0 Å². The number of nitrogens with zero attached hydrogens (tertiary/aromatic N) is 2. The fourth-order valence-corrected chi connectivity index (χ4v) is 1.01. The highest BCUT2D eigenvalue weighted by molar-refractivity contribution is 5.95. The van der Waals surface area contributed by atoms with Gasteiger partial charge in [-0.1, -0.05) is 11.2 Å². The van der Waals surface area contributed by atoms with Crippen molar-refractivity contribution in [2.24, 2.45) is 5.16 Å². The summed E-state index contributed by atoms with van der Waals surface area (Å²) in [4.78, 5) is 6.98. The highest BCUT2D eigenvalue weighted by atomic mass is 16.7. The Balaban J connectivity index is 2.30. The van der Waals surface area contributed by atoms with Crippen LogP contribution in [-0.4, -0.2) is 17.0 Å². The first-order valence-corrected chi connectivity index (χ1v) is 3.25. The van der Waals surface area contributed by atoms with Crippen LogP contribution in [-0.2, 0) is 4.84 Å². The number of allylic oxidation sites excluding steroid dienone is 2. The molecule has 0 aromatic carbocycles. The Hall–Kier alpha value is -1.25. The first kappa shape index (κ1) is 5.53. The topological polar surface area (TPSA) is 24.8 Å². The van der Waals surface area contributed by atoms with E-state index >= 15 is 0 Å². The van der Waals surface area contributed by atoms with Gasteiger partial charge in [-0.05, 0) is 19.1 Å². The molecule has 3 nitrogen and oxygen atoms in total. The van der Waals surface area contributed by atoms with Gasteiger partial charge in [0.1, 0.15) is 0 Å². The Morgan fingerprint density at radius 1 is 1.60 bits per heavy atom. The van der Waals surface area contributed by atoms with Crippen LogP contribution < -0.4 is 0 Å². The van der Waals surface area contributed by atoms with Gasteiger partial charge in [0.15, 0.2) is 5.84 Å². The fourth-order valence-electron chi connectivity index (χ4n) is 1.01. The standard InChI is InChI=1S/C7H8N2O/c1-6-9-5-3-2-4-7(9)8-10-6/h2-6H,1H3. The summed E-state index contributed by atoms with van der Waals surface area (Å²) < 4.78 is 0. The minimum absolute atomic E-state index is 0.0520. The Bertz CT molecular complexity index is 230. The van der Waals surface area contributed by atoms with Gasteiger partial charge in [-0.3, -0.25) is 4.90 Å². The maximum absolute atomic E-state index is 5.01. The number of rotatable bonds is 0. The van der Waals surface area contributed by atoms with Crippen molar-refractivity contribution in [3.8, 4) is 0 Å². The van der Waals surface area contributed by atoms with Crippen molar-refractivity contribution < 1.29 is 4.84 Å². The van der Waals surface area contributed by atoms with E-state index in [0.29, 0.717) is 0 Å². The summed E-state index contributed by atoms with van der Waals surface area (Å²) in [6.07, 6.45) is 7.83. The second-order valence-electron chi connectivity index (χ2n) is 2.26. The van der Waals surface area contributed by atoms with Crippen LogP contribution in [0.1, 0.15) is 6.92 Å². The largest absolute Gasteiger partial charge is 0.368 e. The molecule has 0 saturated heterocycles. The van der Waals surface area contributed by atoms with Crippen molar-refractivity contribution >= 4 is 5.84 Å². The maximum Gasteiger partial charge on any atom is 0.202 e. The Kier molecular flexibility index (Phi) is 1.03. The van der Waals surface area contributed by atoms with Crippen molar-refractivity contribution in [1.82, 2.24) is 4.90 Å². The van der Waals surface area contributed by atoms with Gasteiger partial charge >= 0.3 is 0 Å². The zero-order chi connectivity index (χ0) is 6.97. The third kappa shape index (κ3) is 0.635. The number of fused-ring (bicyclic) bond motifs is 1. The van der Waals surface area contributed by atoms with E-state index in [1.54, 1.807) is 0 Å². The summed E-state index contributed by atoms with van der Waals surface area (Å²) in [7, 11) is 0. The molecule has 0 aromatic heterocycles. The van der Waals surface area contributed by atoms with Crippen LogP contribution in [0.4, 0.5) is 0 Å². The Labute approximate surface area is 59.3 Å².